The Morgan fingerprint density at radius 2 is 2.00 bits per heavy atom. The van der Waals surface area contributed by atoms with Crippen molar-refractivity contribution < 1.29 is 8.42 Å². The van der Waals surface area contributed by atoms with Crippen LogP contribution in [0.4, 0.5) is 0 Å². The van der Waals surface area contributed by atoms with Gasteiger partial charge in [0, 0.05) is 33.1 Å². The van der Waals surface area contributed by atoms with Crippen LogP contribution in [0, 0.1) is 13.8 Å². The van der Waals surface area contributed by atoms with Gasteiger partial charge >= 0.3 is 5.69 Å². The van der Waals surface area contributed by atoms with Crippen molar-refractivity contribution in [1.29, 1.82) is 0 Å². The van der Waals surface area contributed by atoms with Crippen LogP contribution in [0.25, 0.3) is 5.00 Å². The Hall–Kier alpha value is -2.27. The molecule has 10 heteroatoms. The van der Waals surface area contributed by atoms with Gasteiger partial charge in [-0.15, -0.1) is 11.3 Å². The molecule has 0 bridgehead atoms. The first-order chi connectivity index (χ1) is 15.2. The lowest BCUT2D eigenvalue weighted by Gasteiger charge is -2.32. The minimum atomic E-state index is -3.52. The average molecular weight is 476 g/mol. The van der Waals surface area contributed by atoms with Gasteiger partial charge in [0.15, 0.2) is 0 Å². The summed E-state index contributed by atoms with van der Waals surface area (Å²) in [5, 5.41) is 7.48. The molecular weight excluding hydrogens is 446 g/mol. The normalized spacial score (nSPS) is 17.8. The molecule has 2 aromatic heterocycles. The number of aromatic nitrogens is 3. The zero-order chi connectivity index (χ0) is 23.0. The lowest BCUT2D eigenvalue weighted by molar-refractivity contribution is 0.291. The number of rotatable bonds is 6. The molecule has 3 aromatic rings. The number of piperidine rings is 1. The zero-order valence-electron chi connectivity index (χ0n) is 18.9. The van der Waals surface area contributed by atoms with E-state index >= 15 is 0 Å². The molecule has 0 saturated carbocycles. The fourth-order valence-corrected chi connectivity index (χ4v) is 6.04. The number of aryl methyl sites for hydroxylation is 2. The maximum absolute atomic E-state index is 13.4. The molecule has 1 atom stereocenters. The van der Waals surface area contributed by atoms with Crippen molar-refractivity contribution >= 4 is 21.5 Å². The van der Waals surface area contributed by atoms with E-state index in [1.54, 1.807) is 18.7 Å². The van der Waals surface area contributed by atoms with Gasteiger partial charge in [-0.1, -0.05) is 23.8 Å². The van der Waals surface area contributed by atoms with Crippen LogP contribution in [-0.2, 0) is 16.8 Å². The summed E-state index contributed by atoms with van der Waals surface area (Å²) in [5.41, 5.74) is 3.09. The zero-order valence-corrected chi connectivity index (χ0v) is 20.5. The lowest BCUT2D eigenvalue weighted by Crippen LogP contribution is -2.45. The van der Waals surface area contributed by atoms with E-state index < -0.39 is 10.2 Å². The van der Waals surface area contributed by atoms with E-state index in [2.05, 4.69) is 18.2 Å². The van der Waals surface area contributed by atoms with E-state index in [4.69, 9.17) is 5.10 Å². The van der Waals surface area contributed by atoms with E-state index in [0.717, 1.165) is 34.5 Å². The van der Waals surface area contributed by atoms with Gasteiger partial charge in [-0.3, -0.25) is 0 Å². The van der Waals surface area contributed by atoms with Gasteiger partial charge in [0.05, 0.1) is 6.54 Å². The van der Waals surface area contributed by atoms with Gasteiger partial charge < -0.3 is 0 Å². The molecule has 4 rings (SSSR count). The van der Waals surface area contributed by atoms with E-state index in [1.807, 2.05) is 31.4 Å². The summed E-state index contributed by atoms with van der Waals surface area (Å²) >= 11 is 1.47. The number of hydrogen-bond acceptors (Lipinski definition) is 5. The Balaban J connectivity index is 1.75. The molecule has 8 nitrogen and oxygen atoms in total. The van der Waals surface area contributed by atoms with Gasteiger partial charge in [-0.05, 0) is 55.3 Å². The van der Waals surface area contributed by atoms with Crippen LogP contribution in [0.1, 0.15) is 41.3 Å². The summed E-state index contributed by atoms with van der Waals surface area (Å²) in [5.74, 6) is 0.467. The van der Waals surface area contributed by atoms with Gasteiger partial charge in [-0.25, -0.2) is 14.0 Å². The maximum atomic E-state index is 13.4. The number of nitrogens with zero attached hydrogens (tertiary/aromatic N) is 5. The smallest absolute Gasteiger partial charge is 0.246 e. The SMILES string of the molecule is Cc1ccc(C)c(Cn2nc(C3CCCN(S(=O)(=O)N(C)C)C3)n(-c3cccs3)c2=O)c1. The van der Waals surface area contributed by atoms with Crippen LogP contribution in [0.3, 0.4) is 0 Å². The van der Waals surface area contributed by atoms with Crippen LogP contribution in [0.5, 0.6) is 0 Å². The van der Waals surface area contributed by atoms with Gasteiger partial charge in [0.1, 0.15) is 10.8 Å². The largest absolute Gasteiger partial charge is 0.351 e. The van der Waals surface area contributed by atoms with Crippen molar-refractivity contribution in [3.63, 3.8) is 0 Å². The first-order valence-corrected chi connectivity index (χ1v) is 12.9. The third kappa shape index (κ3) is 4.32. The molecule has 3 heterocycles. The van der Waals surface area contributed by atoms with Crippen LogP contribution < -0.4 is 5.69 Å². The Morgan fingerprint density at radius 1 is 1.22 bits per heavy atom. The molecule has 32 heavy (non-hydrogen) atoms. The van der Waals surface area contributed by atoms with Crippen molar-refractivity contribution in [1.82, 2.24) is 23.0 Å². The highest BCUT2D eigenvalue weighted by Gasteiger charge is 2.34. The minimum absolute atomic E-state index is 0.159. The summed E-state index contributed by atoms with van der Waals surface area (Å²) in [7, 11) is -0.440. The van der Waals surface area contributed by atoms with Gasteiger partial charge in [0.2, 0.25) is 0 Å². The molecule has 0 aliphatic carbocycles. The highest BCUT2D eigenvalue weighted by atomic mass is 32.2. The average Bonchev–Trinajstić information content (AvgIpc) is 3.39. The third-order valence-corrected chi connectivity index (χ3v) is 8.71. The number of hydrogen-bond donors (Lipinski definition) is 0. The molecule has 1 unspecified atom stereocenters. The molecule has 1 aliphatic heterocycles. The Morgan fingerprint density at radius 3 is 2.69 bits per heavy atom. The van der Waals surface area contributed by atoms with Gasteiger partial charge in [-0.2, -0.15) is 22.1 Å². The first-order valence-electron chi connectivity index (χ1n) is 10.7. The van der Waals surface area contributed by atoms with Crippen LogP contribution in [0.15, 0.2) is 40.5 Å². The van der Waals surface area contributed by atoms with Crippen LogP contribution in [-0.4, -0.2) is 58.6 Å². The summed E-state index contributed by atoms with van der Waals surface area (Å²) < 4.78 is 31.3. The fourth-order valence-electron chi connectivity index (χ4n) is 4.12. The molecule has 1 aliphatic rings. The van der Waals surface area contributed by atoms with Crippen molar-refractivity contribution in [3.8, 4) is 5.00 Å². The number of thiophene rings is 1. The molecule has 172 valence electrons. The summed E-state index contributed by atoms with van der Waals surface area (Å²) in [4.78, 5) is 13.4. The molecule has 1 fully saturated rings. The minimum Gasteiger partial charge on any atom is -0.246 e. The van der Waals surface area contributed by atoms with E-state index in [9.17, 15) is 13.2 Å². The third-order valence-electron chi connectivity index (χ3n) is 5.95. The maximum Gasteiger partial charge on any atom is 0.351 e. The predicted octanol–water partition coefficient (Wildman–Crippen LogP) is 2.75. The highest BCUT2D eigenvalue weighted by Crippen LogP contribution is 2.29. The fraction of sp³-hybridized carbons (Fsp3) is 0.455. The quantitative estimate of drug-likeness (QED) is 0.549. The van der Waals surface area contributed by atoms with E-state index in [0.29, 0.717) is 25.5 Å². The molecule has 1 saturated heterocycles. The molecule has 0 N–H and O–H groups in total. The summed E-state index contributed by atoms with van der Waals surface area (Å²) in [6.45, 7) is 5.23. The van der Waals surface area contributed by atoms with Crippen molar-refractivity contribution in [2.45, 2.75) is 39.2 Å². The van der Waals surface area contributed by atoms with Crippen molar-refractivity contribution in [2.24, 2.45) is 0 Å². The van der Waals surface area contributed by atoms with Crippen molar-refractivity contribution in [2.75, 3.05) is 27.2 Å². The topological polar surface area (TPSA) is 80.4 Å². The molecule has 1 aromatic carbocycles. The predicted molar refractivity (Wildman–Crippen MR) is 127 cm³/mol. The summed E-state index contributed by atoms with van der Waals surface area (Å²) in [6, 6.07) is 9.99. The monoisotopic (exact) mass is 475 g/mol. The Labute approximate surface area is 192 Å². The number of benzene rings is 1. The highest BCUT2D eigenvalue weighted by molar-refractivity contribution is 7.86. The second kappa shape index (κ2) is 8.93. The van der Waals surface area contributed by atoms with Gasteiger partial charge in [0.25, 0.3) is 10.2 Å². The lowest BCUT2D eigenvalue weighted by atomic mass is 9.99. The molecule has 0 spiro atoms. The Kier molecular flexibility index (Phi) is 6.39. The second-order valence-corrected chi connectivity index (χ2v) is 11.6. The molecule has 0 amide bonds. The van der Waals surface area contributed by atoms with E-state index in [1.165, 1.54) is 24.6 Å². The molecule has 0 radical (unpaired) electrons. The van der Waals surface area contributed by atoms with Crippen LogP contribution in [0.2, 0.25) is 0 Å². The standard InChI is InChI=1S/C22H29N5O3S2/c1-16-9-10-17(2)19(13-16)15-26-22(28)27(20-8-6-12-31-20)21(23-26)18-7-5-11-25(14-18)32(29,30)24(3)4/h6,8-10,12-13,18H,5,7,11,14-15H2,1-4H3. The Bertz CT molecular complexity index is 1260. The van der Waals surface area contributed by atoms with Crippen LogP contribution >= 0.6 is 11.3 Å². The second-order valence-electron chi connectivity index (χ2n) is 8.50. The molecular formula is C22H29N5O3S2. The van der Waals surface area contributed by atoms with Crippen molar-refractivity contribution in [3.05, 3.63) is 68.7 Å². The summed E-state index contributed by atoms with van der Waals surface area (Å²) in [6.07, 6.45) is 1.50. The van der Waals surface area contributed by atoms with E-state index in [-0.39, 0.29) is 11.6 Å². The first kappa shape index (κ1) is 22.9.